The number of alkyl halides is 3. The van der Waals surface area contributed by atoms with E-state index in [4.69, 9.17) is 68.0 Å². The highest BCUT2D eigenvalue weighted by Crippen LogP contribution is 2.28. The Balaban J connectivity index is 2.36. The summed E-state index contributed by atoms with van der Waals surface area (Å²) in [6, 6.07) is 5.75. The first-order valence-corrected chi connectivity index (χ1v) is 14.4. The highest BCUT2D eigenvalue weighted by molar-refractivity contribution is 6.67. The van der Waals surface area contributed by atoms with Crippen LogP contribution in [0.3, 0.4) is 0 Å². The average molecular weight is 700 g/mol. The number of amides is 2. The van der Waals surface area contributed by atoms with Crippen molar-refractivity contribution in [1.29, 1.82) is 0 Å². The van der Waals surface area contributed by atoms with Crippen LogP contribution in [-0.2, 0) is 63.7 Å². The molecule has 0 bridgehead atoms. The predicted molar refractivity (Wildman–Crippen MR) is 155 cm³/mol. The summed E-state index contributed by atoms with van der Waals surface area (Å²) in [7, 11) is 0. The van der Waals surface area contributed by atoms with Crippen molar-refractivity contribution in [1.82, 2.24) is 10.6 Å². The van der Waals surface area contributed by atoms with Gasteiger partial charge in [-0.25, -0.2) is 9.59 Å². The van der Waals surface area contributed by atoms with E-state index in [1.165, 1.54) is 0 Å². The van der Waals surface area contributed by atoms with Crippen molar-refractivity contribution >= 4 is 70.7 Å². The van der Waals surface area contributed by atoms with E-state index in [9.17, 15) is 28.8 Å². The summed E-state index contributed by atoms with van der Waals surface area (Å²) < 4.78 is 35.7. The Morgan fingerprint density at radius 1 is 0.867 bits per heavy atom. The minimum atomic E-state index is -1.94. The summed E-state index contributed by atoms with van der Waals surface area (Å²) in [5.74, 6) is -3.91. The Morgan fingerprint density at radius 3 is 2.04 bits per heavy atom. The zero-order valence-electron chi connectivity index (χ0n) is 24.6. The molecule has 2 N–H and O–H groups in total. The standard InChI is InChI=1S/C27H33Cl3N2O13/c1-14(33)31-21-23(44-17(4)36)22(43-16(3)35)20(12-39-15(2)34)45-25(21)41-11-19(32-26(38)42-13-27(28,29)30)24(37)40-10-18-8-6-5-7-9-18/h5-9,19-23,25H,10-13H2,1-4H3,(H,31,33)(H,32,38)/t19-,20+,21+,22-,23+,25-/m0/s1. The van der Waals surface area contributed by atoms with Gasteiger partial charge in [0.1, 0.15) is 32.0 Å². The summed E-state index contributed by atoms with van der Waals surface area (Å²) in [6.07, 6.45) is -6.77. The largest absolute Gasteiger partial charge is 0.463 e. The van der Waals surface area contributed by atoms with E-state index in [0.717, 1.165) is 27.7 Å². The molecular weight excluding hydrogens is 667 g/mol. The third-order valence-electron chi connectivity index (χ3n) is 5.67. The molecule has 0 spiro atoms. The van der Waals surface area contributed by atoms with Crippen LogP contribution in [0.15, 0.2) is 30.3 Å². The van der Waals surface area contributed by atoms with Crippen LogP contribution in [0.5, 0.6) is 0 Å². The van der Waals surface area contributed by atoms with Crippen molar-refractivity contribution in [2.24, 2.45) is 0 Å². The molecule has 1 heterocycles. The zero-order chi connectivity index (χ0) is 33.7. The Bertz CT molecular complexity index is 1200. The molecular formula is C27H33Cl3N2O13. The van der Waals surface area contributed by atoms with E-state index >= 15 is 0 Å². The Hall–Kier alpha value is -3.37. The first-order chi connectivity index (χ1) is 21.1. The van der Waals surface area contributed by atoms with Crippen LogP contribution in [0.4, 0.5) is 4.79 Å². The van der Waals surface area contributed by atoms with E-state index in [-0.39, 0.29) is 6.61 Å². The van der Waals surface area contributed by atoms with Gasteiger partial charge in [-0.05, 0) is 5.56 Å². The molecule has 1 aromatic carbocycles. The zero-order valence-corrected chi connectivity index (χ0v) is 26.9. The Labute approximate surface area is 273 Å². The summed E-state index contributed by atoms with van der Waals surface area (Å²) in [4.78, 5) is 73.2. The number of benzene rings is 1. The van der Waals surface area contributed by atoms with Crippen LogP contribution in [0.2, 0.25) is 0 Å². The maximum Gasteiger partial charge on any atom is 0.408 e. The van der Waals surface area contributed by atoms with Crippen LogP contribution in [0, 0.1) is 0 Å². The second kappa shape index (κ2) is 17.9. The third-order valence-corrected chi connectivity index (χ3v) is 5.99. The van der Waals surface area contributed by atoms with Crippen LogP contribution < -0.4 is 10.6 Å². The lowest BCUT2D eigenvalue weighted by Gasteiger charge is -2.45. The molecule has 1 aromatic rings. The number of alkyl carbamates (subject to hydrolysis) is 1. The number of hydrogen-bond acceptors (Lipinski definition) is 13. The fourth-order valence-electron chi connectivity index (χ4n) is 3.95. The van der Waals surface area contributed by atoms with Gasteiger partial charge >= 0.3 is 30.0 Å². The van der Waals surface area contributed by atoms with Gasteiger partial charge in [0.2, 0.25) is 9.70 Å². The number of nitrogens with one attached hydrogen (secondary N) is 2. The summed E-state index contributed by atoms with van der Waals surface area (Å²) in [5, 5.41) is 4.76. The van der Waals surface area contributed by atoms with Crippen molar-refractivity contribution < 1.29 is 61.9 Å². The maximum absolute atomic E-state index is 13.1. The smallest absolute Gasteiger partial charge is 0.408 e. The molecule has 15 nitrogen and oxygen atoms in total. The SMILES string of the molecule is CC(=O)N[C@H]1[C@@H](OC[C@H](NC(=O)OCC(Cl)(Cl)Cl)C(=O)OCc2ccccc2)O[C@H](COC(C)=O)[C@H](OC(C)=O)[C@@H]1OC(C)=O. The molecule has 250 valence electrons. The number of hydrogen-bond donors (Lipinski definition) is 2. The van der Waals surface area contributed by atoms with Crippen LogP contribution in [0.25, 0.3) is 0 Å². The molecule has 45 heavy (non-hydrogen) atoms. The second-order valence-electron chi connectivity index (χ2n) is 9.53. The lowest BCUT2D eigenvalue weighted by Crippen LogP contribution is -2.67. The van der Waals surface area contributed by atoms with Crippen molar-refractivity contribution in [2.75, 3.05) is 19.8 Å². The molecule has 0 aliphatic carbocycles. The van der Waals surface area contributed by atoms with Crippen molar-refractivity contribution in [3.05, 3.63) is 35.9 Å². The first-order valence-electron chi connectivity index (χ1n) is 13.3. The topological polar surface area (TPSA) is 191 Å². The average Bonchev–Trinajstić information content (AvgIpc) is 2.94. The molecule has 1 aliphatic heterocycles. The summed E-state index contributed by atoms with van der Waals surface area (Å²) >= 11 is 16.9. The van der Waals surface area contributed by atoms with E-state index in [1.54, 1.807) is 30.3 Å². The lowest BCUT2D eigenvalue weighted by atomic mass is 9.96. The van der Waals surface area contributed by atoms with Crippen LogP contribution >= 0.6 is 34.8 Å². The van der Waals surface area contributed by atoms with Gasteiger partial charge in [0, 0.05) is 27.7 Å². The highest BCUT2D eigenvalue weighted by atomic mass is 35.6. The quantitative estimate of drug-likeness (QED) is 0.173. The molecule has 0 saturated carbocycles. The number of rotatable bonds is 13. The van der Waals surface area contributed by atoms with E-state index in [2.05, 4.69) is 10.6 Å². The molecule has 2 rings (SSSR count). The molecule has 0 unspecified atom stereocenters. The van der Waals surface area contributed by atoms with Crippen LogP contribution in [0.1, 0.15) is 33.3 Å². The van der Waals surface area contributed by atoms with Gasteiger partial charge in [0.15, 0.2) is 24.5 Å². The molecule has 0 radical (unpaired) electrons. The minimum Gasteiger partial charge on any atom is -0.463 e. The van der Waals surface area contributed by atoms with E-state index in [0.29, 0.717) is 5.56 Å². The number of esters is 4. The molecule has 2 amide bonds. The van der Waals surface area contributed by atoms with Gasteiger partial charge in [0.25, 0.3) is 0 Å². The number of carbonyl (C=O) groups excluding carboxylic acids is 6. The number of carbonyl (C=O) groups is 6. The minimum absolute atomic E-state index is 0.168. The summed E-state index contributed by atoms with van der Waals surface area (Å²) in [6.45, 7) is 2.46. The second-order valence-corrected chi connectivity index (χ2v) is 12.1. The van der Waals surface area contributed by atoms with E-state index < -0.39 is 96.2 Å². The molecule has 1 aliphatic rings. The van der Waals surface area contributed by atoms with Crippen molar-refractivity contribution in [3.63, 3.8) is 0 Å². The lowest BCUT2D eigenvalue weighted by molar-refractivity contribution is -0.278. The summed E-state index contributed by atoms with van der Waals surface area (Å²) in [5.41, 5.74) is 0.639. The first kappa shape index (κ1) is 37.8. The number of ether oxygens (including phenoxy) is 7. The Morgan fingerprint density at radius 2 is 1.49 bits per heavy atom. The van der Waals surface area contributed by atoms with Gasteiger partial charge in [-0.2, -0.15) is 0 Å². The van der Waals surface area contributed by atoms with Crippen molar-refractivity contribution in [2.45, 2.75) is 74.8 Å². The maximum atomic E-state index is 13.1. The van der Waals surface area contributed by atoms with Gasteiger partial charge in [-0.1, -0.05) is 65.1 Å². The molecule has 1 fully saturated rings. The fraction of sp³-hybridized carbons (Fsp3) is 0.556. The van der Waals surface area contributed by atoms with Gasteiger partial charge < -0.3 is 43.8 Å². The predicted octanol–water partition coefficient (Wildman–Crippen LogP) is 1.87. The molecule has 6 atom stereocenters. The van der Waals surface area contributed by atoms with Crippen molar-refractivity contribution in [3.8, 4) is 0 Å². The van der Waals surface area contributed by atoms with Gasteiger partial charge in [0.05, 0.1) is 6.61 Å². The highest BCUT2D eigenvalue weighted by Gasteiger charge is 2.51. The third kappa shape index (κ3) is 14.1. The molecule has 1 saturated heterocycles. The number of halogens is 3. The molecule has 0 aromatic heterocycles. The molecule has 18 heteroatoms. The fourth-order valence-corrected chi connectivity index (χ4v) is 4.12. The Kier molecular flexibility index (Phi) is 15.1. The monoisotopic (exact) mass is 698 g/mol. The van der Waals surface area contributed by atoms with Gasteiger partial charge in [-0.3, -0.25) is 19.2 Å². The van der Waals surface area contributed by atoms with Crippen LogP contribution in [-0.4, -0.2) is 96.2 Å². The normalized spacial score (nSPS) is 21.8. The van der Waals surface area contributed by atoms with Gasteiger partial charge in [-0.15, -0.1) is 0 Å². The van der Waals surface area contributed by atoms with E-state index in [1.807, 2.05) is 0 Å².